The Hall–Kier alpha value is -1.42. The van der Waals surface area contributed by atoms with Crippen LogP contribution in [0, 0.1) is 0 Å². The van der Waals surface area contributed by atoms with Crippen LogP contribution in [0.4, 0.5) is 0 Å². The summed E-state index contributed by atoms with van der Waals surface area (Å²) < 4.78 is 16.7. The molecule has 1 aliphatic carbocycles. The summed E-state index contributed by atoms with van der Waals surface area (Å²) in [5, 5.41) is 3.50. The summed E-state index contributed by atoms with van der Waals surface area (Å²) in [6, 6.07) is 4.64. The lowest BCUT2D eigenvalue weighted by atomic mass is 10.1. The van der Waals surface area contributed by atoms with Gasteiger partial charge in [-0.3, -0.25) is 0 Å². The second-order valence-electron chi connectivity index (χ2n) is 5.13. The Bertz CT molecular complexity index is 441. The second-order valence-corrected chi connectivity index (χ2v) is 5.13. The zero-order valence-corrected chi connectivity index (χ0v) is 10.9. The van der Waals surface area contributed by atoms with E-state index in [-0.39, 0.29) is 6.10 Å². The van der Waals surface area contributed by atoms with Crippen LogP contribution < -0.4 is 19.5 Å². The third-order valence-corrected chi connectivity index (χ3v) is 3.08. The van der Waals surface area contributed by atoms with Crippen LogP contribution in [0.25, 0.3) is 0 Å². The third-order valence-electron chi connectivity index (χ3n) is 3.08. The summed E-state index contributed by atoms with van der Waals surface area (Å²) >= 11 is 0. The molecule has 0 atom stereocenters. The normalized spacial score (nSPS) is 17.3. The molecule has 98 valence electrons. The molecule has 0 saturated heterocycles. The van der Waals surface area contributed by atoms with Gasteiger partial charge in [0, 0.05) is 24.2 Å². The van der Waals surface area contributed by atoms with E-state index < -0.39 is 0 Å². The number of rotatable bonds is 5. The molecule has 3 rings (SSSR count). The molecule has 0 unspecified atom stereocenters. The van der Waals surface area contributed by atoms with Crippen molar-refractivity contribution < 1.29 is 14.2 Å². The van der Waals surface area contributed by atoms with Crippen molar-refractivity contribution in [3.05, 3.63) is 17.7 Å². The number of fused-ring (bicyclic) bond motifs is 1. The minimum Gasteiger partial charge on any atom is -0.491 e. The van der Waals surface area contributed by atoms with Gasteiger partial charge in [0.15, 0.2) is 11.5 Å². The largest absolute Gasteiger partial charge is 0.491 e. The van der Waals surface area contributed by atoms with Crippen molar-refractivity contribution >= 4 is 0 Å². The second kappa shape index (κ2) is 4.69. The van der Waals surface area contributed by atoms with Crippen molar-refractivity contribution in [2.45, 2.75) is 45.4 Å². The molecule has 1 N–H and O–H groups in total. The van der Waals surface area contributed by atoms with E-state index in [0.717, 1.165) is 29.4 Å². The van der Waals surface area contributed by atoms with Crippen LogP contribution in [0.15, 0.2) is 12.1 Å². The lowest BCUT2D eigenvalue weighted by Gasteiger charge is -2.15. The fraction of sp³-hybridized carbons (Fsp3) is 0.571. The molecule has 0 radical (unpaired) electrons. The van der Waals surface area contributed by atoms with Crippen LogP contribution in [-0.2, 0) is 6.54 Å². The molecule has 18 heavy (non-hydrogen) atoms. The van der Waals surface area contributed by atoms with E-state index >= 15 is 0 Å². The molecular weight excluding hydrogens is 230 g/mol. The van der Waals surface area contributed by atoms with Crippen LogP contribution in [0.1, 0.15) is 32.3 Å². The molecule has 0 bridgehead atoms. The highest BCUT2D eigenvalue weighted by Crippen LogP contribution is 2.38. The Balaban J connectivity index is 1.82. The molecule has 1 aromatic carbocycles. The molecule has 0 aromatic heterocycles. The number of nitrogens with one attached hydrogen (secondary N) is 1. The van der Waals surface area contributed by atoms with Crippen LogP contribution in [0.5, 0.6) is 17.2 Å². The number of hydrogen-bond acceptors (Lipinski definition) is 4. The minimum absolute atomic E-state index is 0.157. The van der Waals surface area contributed by atoms with Crippen LogP contribution >= 0.6 is 0 Å². The van der Waals surface area contributed by atoms with Gasteiger partial charge in [-0.25, -0.2) is 0 Å². The molecule has 4 nitrogen and oxygen atoms in total. The first-order chi connectivity index (χ1) is 8.72. The van der Waals surface area contributed by atoms with Gasteiger partial charge in [0.2, 0.25) is 6.79 Å². The minimum atomic E-state index is 0.157. The SMILES string of the molecule is CC(C)Oc1cc2c(cc1CNC1CC1)OCO2. The zero-order valence-electron chi connectivity index (χ0n) is 10.9. The van der Waals surface area contributed by atoms with Crippen molar-refractivity contribution in [1.82, 2.24) is 5.32 Å². The molecule has 4 heteroatoms. The maximum absolute atomic E-state index is 5.85. The molecule has 0 amide bonds. The third kappa shape index (κ3) is 2.53. The van der Waals surface area contributed by atoms with Gasteiger partial charge in [-0.2, -0.15) is 0 Å². The van der Waals surface area contributed by atoms with E-state index in [9.17, 15) is 0 Å². The maximum atomic E-state index is 5.85. The Morgan fingerprint density at radius 1 is 1.28 bits per heavy atom. The number of hydrogen-bond donors (Lipinski definition) is 1. The fourth-order valence-electron chi connectivity index (χ4n) is 2.01. The molecule has 1 aliphatic heterocycles. The molecule has 2 aliphatic rings. The summed E-state index contributed by atoms with van der Waals surface area (Å²) in [4.78, 5) is 0. The molecule has 1 fully saturated rings. The van der Waals surface area contributed by atoms with Gasteiger partial charge in [-0.15, -0.1) is 0 Å². The molecule has 1 aromatic rings. The van der Waals surface area contributed by atoms with Crippen LogP contribution in [0.3, 0.4) is 0 Å². The lowest BCUT2D eigenvalue weighted by Crippen LogP contribution is -2.17. The smallest absolute Gasteiger partial charge is 0.231 e. The van der Waals surface area contributed by atoms with E-state index in [1.807, 2.05) is 26.0 Å². The lowest BCUT2D eigenvalue weighted by molar-refractivity contribution is 0.173. The van der Waals surface area contributed by atoms with E-state index in [4.69, 9.17) is 14.2 Å². The Labute approximate surface area is 107 Å². The molecular formula is C14H19NO3. The molecule has 1 heterocycles. The highest BCUT2D eigenvalue weighted by molar-refractivity contribution is 5.51. The summed E-state index contributed by atoms with van der Waals surface area (Å²) in [6.45, 7) is 5.19. The Kier molecular flexibility index (Phi) is 3.04. The van der Waals surface area contributed by atoms with Crippen molar-refractivity contribution in [3.8, 4) is 17.2 Å². The molecule has 1 saturated carbocycles. The van der Waals surface area contributed by atoms with Gasteiger partial charge in [0.25, 0.3) is 0 Å². The monoisotopic (exact) mass is 249 g/mol. The first-order valence-electron chi connectivity index (χ1n) is 6.55. The zero-order chi connectivity index (χ0) is 12.5. The highest BCUT2D eigenvalue weighted by Gasteiger charge is 2.23. The predicted octanol–water partition coefficient (Wildman–Crippen LogP) is 2.45. The topological polar surface area (TPSA) is 39.7 Å². The van der Waals surface area contributed by atoms with Gasteiger partial charge in [-0.1, -0.05) is 0 Å². The average molecular weight is 249 g/mol. The van der Waals surface area contributed by atoms with Crippen molar-refractivity contribution in [2.75, 3.05) is 6.79 Å². The standard InChI is InChI=1S/C14H19NO3/c1-9(2)18-12-6-14-13(16-8-17-14)5-10(12)7-15-11-3-4-11/h5-6,9,11,15H,3-4,7-8H2,1-2H3. The van der Waals surface area contributed by atoms with Crippen LogP contribution in [0.2, 0.25) is 0 Å². The van der Waals surface area contributed by atoms with Gasteiger partial charge in [-0.05, 0) is 32.8 Å². The van der Waals surface area contributed by atoms with E-state index in [1.165, 1.54) is 12.8 Å². The van der Waals surface area contributed by atoms with Gasteiger partial charge in [0.1, 0.15) is 5.75 Å². The quantitative estimate of drug-likeness (QED) is 0.870. The van der Waals surface area contributed by atoms with Gasteiger partial charge < -0.3 is 19.5 Å². The van der Waals surface area contributed by atoms with Crippen molar-refractivity contribution in [2.24, 2.45) is 0 Å². The average Bonchev–Trinajstić information content (AvgIpc) is 3.04. The van der Waals surface area contributed by atoms with E-state index in [2.05, 4.69) is 5.32 Å². The Morgan fingerprint density at radius 3 is 2.67 bits per heavy atom. The van der Waals surface area contributed by atoms with Crippen LogP contribution in [-0.4, -0.2) is 18.9 Å². The summed E-state index contributed by atoms with van der Waals surface area (Å²) in [5.41, 5.74) is 1.14. The summed E-state index contributed by atoms with van der Waals surface area (Å²) in [7, 11) is 0. The summed E-state index contributed by atoms with van der Waals surface area (Å²) in [5.74, 6) is 2.49. The van der Waals surface area contributed by atoms with Gasteiger partial charge >= 0.3 is 0 Å². The first kappa shape index (κ1) is 11.7. The molecule has 0 spiro atoms. The number of benzene rings is 1. The predicted molar refractivity (Wildman–Crippen MR) is 68.2 cm³/mol. The van der Waals surface area contributed by atoms with E-state index in [0.29, 0.717) is 12.8 Å². The van der Waals surface area contributed by atoms with E-state index in [1.54, 1.807) is 0 Å². The van der Waals surface area contributed by atoms with Crippen molar-refractivity contribution in [1.29, 1.82) is 0 Å². The fourth-order valence-corrected chi connectivity index (χ4v) is 2.01. The maximum Gasteiger partial charge on any atom is 0.231 e. The highest BCUT2D eigenvalue weighted by atomic mass is 16.7. The summed E-state index contributed by atoms with van der Waals surface area (Å²) in [6.07, 6.45) is 2.72. The van der Waals surface area contributed by atoms with Crippen molar-refractivity contribution in [3.63, 3.8) is 0 Å². The first-order valence-corrected chi connectivity index (χ1v) is 6.55. The Morgan fingerprint density at radius 2 is 2.00 bits per heavy atom. The number of ether oxygens (including phenoxy) is 3. The van der Waals surface area contributed by atoms with Gasteiger partial charge in [0.05, 0.1) is 6.10 Å².